The first-order valence-electron chi connectivity index (χ1n) is 10.6. The van der Waals surface area contributed by atoms with Crippen LogP contribution in [0.15, 0.2) is 84.9 Å². The number of phenols is 2. The van der Waals surface area contributed by atoms with Crippen LogP contribution in [0.4, 0.5) is 0 Å². The molecule has 0 aromatic heterocycles. The molecule has 0 heterocycles. The van der Waals surface area contributed by atoms with Crippen LogP contribution in [0.25, 0.3) is 22.3 Å². The molecule has 0 amide bonds. The first-order valence-corrected chi connectivity index (χ1v) is 10.6. The number of rotatable bonds is 4. The summed E-state index contributed by atoms with van der Waals surface area (Å²) in [6.45, 7) is 8.47. The summed E-state index contributed by atoms with van der Waals surface area (Å²) >= 11 is 0. The average Bonchev–Trinajstić information content (AvgIpc) is 2.77. The minimum Gasteiger partial charge on any atom is -0.507 e. The highest BCUT2D eigenvalue weighted by Crippen LogP contribution is 2.45. The molecule has 0 saturated carbocycles. The molecule has 0 fully saturated rings. The second-order valence-corrected chi connectivity index (χ2v) is 8.76. The van der Waals surface area contributed by atoms with Gasteiger partial charge in [0.05, 0.1) is 0 Å². The fourth-order valence-corrected chi connectivity index (χ4v) is 4.40. The molecule has 0 bridgehead atoms. The van der Waals surface area contributed by atoms with E-state index in [-0.39, 0.29) is 16.9 Å². The van der Waals surface area contributed by atoms with Gasteiger partial charge in [0.15, 0.2) is 0 Å². The molecule has 2 N–H and O–H groups in total. The lowest BCUT2D eigenvalue weighted by Crippen LogP contribution is -2.21. The van der Waals surface area contributed by atoms with Crippen LogP contribution in [0, 0.1) is 13.8 Å². The molecule has 31 heavy (non-hydrogen) atoms. The highest BCUT2D eigenvalue weighted by molar-refractivity contribution is 5.79. The molecule has 0 aliphatic carbocycles. The Morgan fingerprint density at radius 3 is 1.32 bits per heavy atom. The van der Waals surface area contributed by atoms with E-state index >= 15 is 0 Å². The fraction of sp³-hybridized carbons (Fsp3) is 0.172. The molecule has 0 unspecified atom stereocenters. The molecule has 4 aromatic rings. The third kappa shape index (κ3) is 3.82. The van der Waals surface area contributed by atoms with Crippen LogP contribution in [0.5, 0.6) is 11.5 Å². The van der Waals surface area contributed by atoms with E-state index in [1.807, 2.05) is 62.4 Å². The zero-order chi connectivity index (χ0) is 22.2. The quantitative estimate of drug-likeness (QED) is 0.370. The van der Waals surface area contributed by atoms with Crippen LogP contribution in [0.1, 0.15) is 36.1 Å². The Hall–Kier alpha value is -3.52. The summed E-state index contributed by atoms with van der Waals surface area (Å²) in [5.74, 6) is 0.553. The molecule has 4 aromatic carbocycles. The summed E-state index contributed by atoms with van der Waals surface area (Å²) in [4.78, 5) is 0. The van der Waals surface area contributed by atoms with Crippen LogP contribution in [0.3, 0.4) is 0 Å². The van der Waals surface area contributed by atoms with Crippen molar-refractivity contribution in [2.45, 2.75) is 33.1 Å². The first kappa shape index (κ1) is 20.7. The van der Waals surface area contributed by atoms with Gasteiger partial charge in [-0.25, -0.2) is 0 Å². The lowest BCUT2D eigenvalue weighted by molar-refractivity contribution is 0.476. The van der Waals surface area contributed by atoms with E-state index in [1.165, 1.54) is 0 Å². The molecule has 2 heteroatoms. The van der Waals surface area contributed by atoms with Crippen LogP contribution >= 0.6 is 0 Å². The van der Waals surface area contributed by atoms with E-state index < -0.39 is 0 Å². The van der Waals surface area contributed by atoms with Crippen molar-refractivity contribution in [3.63, 3.8) is 0 Å². The number of hydrogen-bond acceptors (Lipinski definition) is 2. The standard InChI is InChI=1S/C29H28O2/c1-19-13-15-27(30)23(17-19)21-9-5-7-11-25(21)29(3,4)26-12-8-6-10-22(26)24-18-20(2)14-16-28(24)31/h5-18,30-31H,1-4H3. The van der Waals surface area contributed by atoms with Gasteiger partial charge in [-0.2, -0.15) is 0 Å². The maximum Gasteiger partial charge on any atom is 0.123 e. The Kier molecular flexibility index (Phi) is 5.32. The first-order chi connectivity index (χ1) is 14.8. The molecule has 0 atom stereocenters. The third-order valence-electron chi connectivity index (χ3n) is 6.09. The number of phenolic OH excluding ortho intramolecular Hbond substituents is 2. The second-order valence-electron chi connectivity index (χ2n) is 8.76. The maximum atomic E-state index is 10.6. The van der Waals surface area contributed by atoms with Crippen molar-refractivity contribution in [1.29, 1.82) is 0 Å². The van der Waals surface area contributed by atoms with Crippen LogP contribution in [-0.2, 0) is 5.41 Å². The van der Waals surface area contributed by atoms with E-state index in [2.05, 4.69) is 38.1 Å². The van der Waals surface area contributed by atoms with Crippen molar-refractivity contribution >= 4 is 0 Å². The minimum atomic E-state index is -0.375. The minimum absolute atomic E-state index is 0.276. The van der Waals surface area contributed by atoms with Crippen molar-refractivity contribution in [3.05, 3.63) is 107 Å². The molecule has 0 saturated heterocycles. The Balaban J connectivity index is 1.95. The van der Waals surface area contributed by atoms with Gasteiger partial charge in [0, 0.05) is 16.5 Å². The largest absolute Gasteiger partial charge is 0.507 e. The highest BCUT2D eigenvalue weighted by Gasteiger charge is 2.29. The normalized spacial score (nSPS) is 11.5. The monoisotopic (exact) mass is 408 g/mol. The Labute approximate surface area is 184 Å². The number of aryl methyl sites for hydroxylation is 2. The van der Waals surface area contributed by atoms with E-state index in [9.17, 15) is 10.2 Å². The predicted molar refractivity (Wildman–Crippen MR) is 129 cm³/mol. The van der Waals surface area contributed by atoms with Gasteiger partial charge in [0.1, 0.15) is 11.5 Å². The van der Waals surface area contributed by atoms with Crippen molar-refractivity contribution in [3.8, 4) is 33.8 Å². The maximum absolute atomic E-state index is 10.6. The summed E-state index contributed by atoms with van der Waals surface area (Å²) in [6.07, 6.45) is 0. The molecule has 0 aliphatic rings. The van der Waals surface area contributed by atoms with Gasteiger partial charge in [0.25, 0.3) is 0 Å². The second kappa shape index (κ2) is 7.96. The van der Waals surface area contributed by atoms with Crippen LogP contribution in [-0.4, -0.2) is 10.2 Å². The molecule has 0 radical (unpaired) electrons. The van der Waals surface area contributed by atoms with E-state index in [4.69, 9.17) is 0 Å². The van der Waals surface area contributed by atoms with E-state index in [0.29, 0.717) is 0 Å². The molecule has 2 nitrogen and oxygen atoms in total. The molecule has 0 spiro atoms. The summed E-state index contributed by atoms with van der Waals surface area (Å²) < 4.78 is 0. The highest BCUT2D eigenvalue weighted by atomic mass is 16.3. The van der Waals surface area contributed by atoms with Gasteiger partial charge in [-0.05, 0) is 60.4 Å². The fourth-order valence-electron chi connectivity index (χ4n) is 4.40. The van der Waals surface area contributed by atoms with Gasteiger partial charge in [-0.1, -0.05) is 85.6 Å². The molecule has 4 rings (SSSR count). The molecule has 0 aliphatic heterocycles. The third-order valence-corrected chi connectivity index (χ3v) is 6.09. The number of benzene rings is 4. The SMILES string of the molecule is Cc1ccc(O)c(-c2ccccc2C(C)(C)c2ccccc2-c2cc(C)ccc2O)c1. The Morgan fingerprint density at radius 2 is 0.903 bits per heavy atom. The zero-order valence-corrected chi connectivity index (χ0v) is 18.5. The van der Waals surface area contributed by atoms with Crippen molar-refractivity contribution in [1.82, 2.24) is 0 Å². The van der Waals surface area contributed by atoms with Crippen molar-refractivity contribution in [2.75, 3.05) is 0 Å². The summed E-state index contributed by atoms with van der Waals surface area (Å²) in [5, 5.41) is 21.2. The number of hydrogen-bond donors (Lipinski definition) is 2. The lowest BCUT2D eigenvalue weighted by Gasteiger charge is -2.31. The average molecular weight is 409 g/mol. The summed E-state index contributed by atoms with van der Waals surface area (Å²) in [7, 11) is 0. The molecular weight excluding hydrogens is 380 g/mol. The van der Waals surface area contributed by atoms with Gasteiger partial charge in [-0.3, -0.25) is 0 Å². The Bertz CT molecular complexity index is 1150. The lowest BCUT2D eigenvalue weighted by atomic mass is 9.72. The predicted octanol–water partition coefficient (Wildman–Crippen LogP) is 7.37. The number of aromatic hydroxyl groups is 2. The molecule has 156 valence electrons. The van der Waals surface area contributed by atoms with E-state index in [0.717, 1.165) is 44.5 Å². The summed E-state index contributed by atoms with van der Waals surface area (Å²) in [5.41, 5.74) is 7.76. The zero-order valence-electron chi connectivity index (χ0n) is 18.5. The van der Waals surface area contributed by atoms with Gasteiger partial charge in [0.2, 0.25) is 0 Å². The van der Waals surface area contributed by atoms with Crippen LogP contribution < -0.4 is 0 Å². The topological polar surface area (TPSA) is 40.5 Å². The molecular formula is C29H28O2. The summed E-state index contributed by atoms with van der Waals surface area (Å²) in [6, 6.07) is 27.9. The van der Waals surface area contributed by atoms with Gasteiger partial charge >= 0.3 is 0 Å². The van der Waals surface area contributed by atoms with Crippen LogP contribution in [0.2, 0.25) is 0 Å². The Morgan fingerprint density at radius 1 is 0.516 bits per heavy atom. The van der Waals surface area contributed by atoms with Crippen molar-refractivity contribution < 1.29 is 10.2 Å². The van der Waals surface area contributed by atoms with Crippen molar-refractivity contribution in [2.24, 2.45) is 0 Å². The van der Waals surface area contributed by atoms with E-state index in [1.54, 1.807) is 12.1 Å². The smallest absolute Gasteiger partial charge is 0.123 e. The van der Waals surface area contributed by atoms with Gasteiger partial charge in [-0.15, -0.1) is 0 Å². The van der Waals surface area contributed by atoms with Gasteiger partial charge < -0.3 is 10.2 Å².